The summed E-state index contributed by atoms with van der Waals surface area (Å²) in [5.41, 5.74) is 0. The van der Waals surface area contributed by atoms with Gasteiger partial charge in [-0.05, 0) is 63.2 Å². The Kier molecular flexibility index (Phi) is 19.5. The van der Waals surface area contributed by atoms with Crippen molar-refractivity contribution < 1.29 is 9.53 Å². The van der Waals surface area contributed by atoms with Crippen molar-refractivity contribution in [3.8, 4) is 0 Å². The maximum atomic E-state index is 14.4. The van der Waals surface area contributed by atoms with Gasteiger partial charge >= 0.3 is 5.97 Å². The Morgan fingerprint density at radius 1 is 0.350 bits per heavy atom. The lowest BCUT2D eigenvalue weighted by Crippen LogP contribution is -2.35. The normalized spacial score (nSPS) is 25.2. The van der Waals surface area contributed by atoms with Crippen molar-refractivity contribution in [2.24, 2.45) is 17.8 Å². The summed E-state index contributed by atoms with van der Waals surface area (Å²) >= 11 is 0. The van der Waals surface area contributed by atoms with Gasteiger partial charge in [0.05, 0.1) is 5.92 Å². The molecule has 0 amide bonds. The van der Waals surface area contributed by atoms with Crippen LogP contribution in [0.15, 0.2) is 0 Å². The molecule has 0 spiro atoms. The summed E-state index contributed by atoms with van der Waals surface area (Å²) in [5, 5.41) is 0. The predicted molar refractivity (Wildman–Crippen MR) is 173 cm³/mol. The fourth-order valence-corrected chi connectivity index (χ4v) is 8.36. The molecule has 0 atom stereocenters. The molecule has 0 bridgehead atoms. The number of carbonyl (C=O) groups excluding carboxylic acids is 1. The molecule has 0 heterocycles. The second-order valence-electron chi connectivity index (χ2n) is 14.4. The van der Waals surface area contributed by atoms with E-state index in [0.717, 1.165) is 12.8 Å². The molecule has 3 rings (SSSR count). The first-order chi connectivity index (χ1) is 19.8. The predicted octanol–water partition coefficient (Wildman–Crippen LogP) is 12.7. The van der Waals surface area contributed by atoms with Gasteiger partial charge in [0.1, 0.15) is 6.10 Å². The summed E-state index contributed by atoms with van der Waals surface area (Å²) in [7, 11) is 0. The molecule has 234 valence electrons. The summed E-state index contributed by atoms with van der Waals surface area (Å²) in [5.74, 6) is 1.51. The zero-order valence-electron chi connectivity index (χ0n) is 27.0. The molecule has 0 N–H and O–H groups in total. The van der Waals surface area contributed by atoms with E-state index >= 15 is 0 Å². The molecule has 2 heteroatoms. The average Bonchev–Trinajstić information content (AvgIpc) is 2.93. The van der Waals surface area contributed by atoms with E-state index in [1.54, 1.807) is 0 Å². The minimum Gasteiger partial charge on any atom is -0.462 e. The highest BCUT2D eigenvalue weighted by Crippen LogP contribution is 2.38. The summed E-state index contributed by atoms with van der Waals surface area (Å²) in [6.45, 7) is 0. The molecule has 3 saturated carbocycles. The molecular formula is C38H70O2. The van der Waals surface area contributed by atoms with Crippen LogP contribution in [0.2, 0.25) is 0 Å². The third kappa shape index (κ3) is 15.1. The van der Waals surface area contributed by atoms with Crippen LogP contribution < -0.4 is 0 Å². The first kappa shape index (κ1) is 34.0. The number of carbonyl (C=O) groups is 1. The van der Waals surface area contributed by atoms with Gasteiger partial charge < -0.3 is 4.74 Å². The van der Waals surface area contributed by atoms with Crippen LogP contribution in [0.3, 0.4) is 0 Å². The molecule has 0 aromatic heterocycles. The van der Waals surface area contributed by atoms with E-state index in [2.05, 4.69) is 0 Å². The van der Waals surface area contributed by atoms with Crippen LogP contribution in [0.4, 0.5) is 0 Å². The molecule has 0 radical (unpaired) electrons. The van der Waals surface area contributed by atoms with Crippen molar-refractivity contribution in [2.75, 3.05) is 0 Å². The van der Waals surface area contributed by atoms with Gasteiger partial charge in [-0.3, -0.25) is 4.79 Å². The lowest BCUT2D eigenvalue weighted by atomic mass is 9.72. The van der Waals surface area contributed by atoms with Crippen molar-refractivity contribution in [3.63, 3.8) is 0 Å². The Morgan fingerprint density at radius 2 is 0.575 bits per heavy atom. The second kappa shape index (κ2) is 23.0. The zero-order chi connectivity index (χ0) is 27.9. The van der Waals surface area contributed by atoms with E-state index in [4.69, 9.17) is 4.74 Å². The van der Waals surface area contributed by atoms with Crippen molar-refractivity contribution in [2.45, 2.75) is 218 Å². The summed E-state index contributed by atoms with van der Waals surface area (Å²) in [6, 6.07) is 0. The number of hydrogen-bond donors (Lipinski definition) is 0. The maximum absolute atomic E-state index is 14.4. The number of esters is 1. The van der Waals surface area contributed by atoms with Gasteiger partial charge in [-0.15, -0.1) is 0 Å². The van der Waals surface area contributed by atoms with Crippen LogP contribution in [0.5, 0.6) is 0 Å². The molecule has 0 aliphatic heterocycles. The minimum absolute atomic E-state index is 0.160. The first-order valence-electron chi connectivity index (χ1n) is 19.0. The summed E-state index contributed by atoms with van der Waals surface area (Å²) in [6.07, 6.45) is 44.4. The van der Waals surface area contributed by atoms with Gasteiger partial charge in [-0.2, -0.15) is 0 Å². The van der Waals surface area contributed by atoms with E-state index in [0.29, 0.717) is 11.8 Å². The van der Waals surface area contributed by atoms with Gasteiger partial charge in [0.25, 0.3) is 0 Å². The molecule has 0 saturated heterocycles. The average molecular weight is 559 g/mol. The van der Waals surface area contributed by atoms with Gasteiger partial charge in [-0.25, -0.2) is 0 Å². The van der Waals surface area contributed by atoms with Gasteiger partial charge in [0, 0.05) is 0 Å². The number of rotatable bonds is 4. The molecule has 3 aliphatic carbocycles. The molecule has 3 fully saturated rings. The molecular weight excluding hydrogens is 488 g/mol. The van der Waals surface area contributed by atoms with Crippen molar-refractivity contribution >= 4 is 5.97 Å². The summed E-state index contributed by atoms with van der Waals surface area (Å²) in [4.78, 5) is 14.4. The van der Waals surface area contributed by atoms with Crippen molar-refractivity contribution in [1.29, 1.82) is 0 Å². The molecule has 40 heavy (non-hydrogen) atoms. The van der Waals surface area contributed by atoms with Crippen LogP contribution in [-0.4, -0.2) is 12.1 Å². The van der Waals surface area contributed by atoms with Crippen LogP contribution in [0.25, 0.3) is 0 Å². The zero-order valence-corrected chi connectivity index (χ0v) is 27.0. The monoisotopic (exact) mass is 559 g/mol. The quantitative estimate of drug-likeness (QED) is 0.321. The highest BCUT2D eigenvalue weighted by molar-refractivity contribution is 5.73. The minimum atomic E-state index is 0.160. The maximum Gasteiger partial charge on any atom is 0.309 e. The topological polar surface area (TPSA) is 26.3 Å². The Balaban J connectivity index is 1.73. The van der Waals surface area contributed by atoms with Crippen molar-refractivity contribution in [1.82, 2.24) is 0 Å². The SMILES string of the molecule is O=C(OC1CCCCCCCCCCC1)C(C1CCCCCCCCCCC1)C1CCCCCCCCCCC1. The van der Waals surface area contributed by atoms with E-state index in [9.17, 15) is 4.79 Å². The Morgan fingerprint density at radius 3 is 0.850 bits per heavy atom. The Hall–Kier alpha value is -0.530. The van der Waals surface area contributed by atoms with E-state index < -0.39 is 0 Å². The lowest BCUT2D eigenvalue weighted by molar-refractivity contribution is -0.160. The highest BCUT2D eigenvalue weighted by Gasteiger charge is 2.36. The standard InChI is InChI=1S/C38H70O2/c39-38(40-36-32-26-20-14-8-3-9-15-21-27-33-36)37(34-28-22-16-10-4-1-5-11-17-23-29-34)35-30-24-18-12-6-2-7-13-19-25-31-35/h34-37H,1-33H2. The summed E-state index contributed by atoms with van der Waals surface area (Å²) < 4.78 is 6.67. The van der Waals surface area contributed by atoms with Crippen molar-refractivity contribution in [3.05, 3.63) is 0 Å². The molecule has 0 aromatic rings. The fraction of sp³-hybridized carbons (Fsp3) is 0.974. The van der Waals surface area contributed by atoms with Crippen LogP contribution >= 0.6 is 0 Å². The second-order valence-corrected chi connectivity index (χ2v) is 14.4. The molecule has 0 aromatic carbocycles. The van der Waals surface area contributed by atoms with Crippen LogP contribution in [0.1, 0.15) is 212 Å². The van der Waals surface area contributed by atoms with Gasteiger partial charge in [-0.1, -0.05) is 161 Å². The fourth-order valence-electron chi connectivity index (χ4n) is 8.36. The first-order valence-corrected chi connectivity index (χ1v) is 19.0. The smallest absolute Gasteiger partial charge is 0.309 e. The lowest BCUT2D eigenvalue weighted by Gasteiger charge is -2.34. The van der Waals surface area contributed by atoms with Gasteiger partial charge in [0.2, 0.25) is 0 Å². The largest absolute Gasteiger partial charge is 0.462 e. The van der Waals surface area contributed by atoms with E-state index in [1.807, 2.05) is 0 Å². The number of ether oxygens (including phenoxy) is 1. The third-order valence-electron chi connectivity index (χ3n) is 10.9. The van der Waals surface area contributed by atoms with E-state index in [1.165, 1.54) is 199 Å². The molecule has 0 unspecified atom stereocenters. The Labute approximate surface area is 250 Å². The highest BCUT2D eigenvalue weighted by atomic mass is 16.5. The van der Waals surface area contributed by atoms with Crippen LogP contribution in [-0.2, 0) is 9.53 Å². The van der Waals surface area contributed by atoms with E-state index in [-0.39, 0.29) is 18.0 Å². The number of hydrogen-bond acceptors (Lipinski definition) is 2. The third-order valence-corrected chi connectivity index (χ3v) is 10.9. The molecule has 2 nitrogen and oxygen atoms in total. The van der Waals surface area contributed by atoms with Crippen LogP contribution in [0, 0.1) is 17.8 Å². The van der Waals surface area contributed by atoms with Gasteiger partial charge in [0.15, 0.2) is 0 Å². The molecule has 3 aliphatic rings. The Bertz CT molecular complexity index is 534.